The number of hydrogen-bond donors (Lipinski definition) is 3. The third-order valence-electron chi connectivity index (χ3n) is 7.00. The maximum Gasteiger partial charge on any atom is 0.250 e. The number of hydrogen-bond acceptors (Lipinski definition) is 5. The molecule has 166 valence electrons. The summed E-state index contributed by atoms with van der Waals surface area (Å²) in [6.07, 6.45) is -0.421. The Morgan fingerprint density at radius 2 is 1.88 bits per heavy atom. The third-order valence-corrected chi connectivity index (χ3v) is 7.22. The molecule has 0 aliphatic carbocycles. The summed E-state index contributed by atoms with van der Waals surface area (Å²) in [5, 5.41) is 17.0. The molecule has 0 saturated carbocycles. The Labute approximate surface area is 190 Å². The van der Waals surface area contributed by atoms with E-state index in [1.165, 1.54) is 4.90 Å². The van der Waals surface area contributed by atoms with Crippen LogP contribution in [-0.2, 0) is 26.3 Å². The van der Waals surface area contributed by atoms with Crippen molar-refractivity contribution >= 4 is 35.0 Å². The van der Waals surface area contributed by atoms with Crippen molar-refractivity contribution in [3.05, 3.63) is 64.2 Å². The number of aliphatic hydroxyl groups is 1. The number of imide groups is 1. The lowest BCUT2D eigenvalue weighted by Crippen LogP contribution is -2.55. The van der Waals surface area contributed by atoms with E-state index in [1.807, 2.05) is 37.3 Å². The summed E-state index contributed by atoms with van der Waals surface area (Å²) in [5.41, 5.74) is 1.48. The van der Waals surface area contributed by atoms with Gasteiger partial charge >= 0.3 is 0 Å². The van der Waals surface area contributed by atoms with Gasteiger partial charge in [0.1, 0.15) is 5.54 Å². The van der Waals surface area contributed by atoms with Crippen LogP contribution in [0.1, 0.15) is 23.6 Å². The van der Waals surface area contributed by atoms with E-state index in [2.05, 4.69) is 10.6 Å². The molecule has 3 aliphatic heterocycles. The van der Waals surface area contributed by atoms with Crippen LogP contribution in [-0.4, -0.2) is 46.4 Å². The molecule has 0 aromatic heterocycles. The summed E-state index contributed by atoms with van der Waals surface area (Å²) in [6.45, 7) is 3.62. The molecule has 0 unspecified atom stereocenters. The van der Waals surface area contributed by atoms with Gasteiger partial charge in [0.15, 0.2) is 0 Å². The number of fused-ring (bicyclic) bond motifs is 4. The largest absolute Gasteiger partial charge is 0.392 e. The third kappa shape index (κ3) is 2.85. The Kier molecular flexibility index (Phi) is 4.89. The highest BCUT2D eigenvalue weighted by atomic mass is 35.5. The van der Waals surface area contributed by atoms with E-state index < -0.39 is 41.3 Å². The van der Waals surface area contributed by atoms with Gasteiger partial charge < -0.3 is 10.4 Å². The number of rotatable bonds is 4. The summed E-state index contributed by atoms with van der Waals surface area (Å²) in [4.78, 5) is 41.7. The van der Waals surface area contributed by atoms with Gasteiger partial charge in [-0.25, -0.2) is 0 Å². The Hall–Kier alpha value is -2.74. The van der Waals surface area contributed by atoms with Gasteiger partial charge in [0.25, 0.3) is 0 Å². The molecule has 2 fully saturated rings. The minimum atomic E-state index is -1.45. The van der Waals surface area contributed by atoms with Gasteiger partial charge in [0.05, 0.1) is 17.9 Å². The molecule has 7 nitrogen and oxygen atoms in total. The summed E-state index contributed by atoms with van der Waals surface area (Å²) in [7, 11) is 0. The summed E-state index contributed by atoms with van der Waals surface area (Å²) in [5.74, 6) is -2.95. The Balaban J connectivity index is 1.58. The second kappa shape index (κ2) is 7.40. The lowest BCUT2D eigenvalue weighted by Gasteiger charge is -2.30. The fraction of sp³-hybridized carbons (Fsp3) is 0.375. The summed E-state index contributed by atoms with van der Waals surface area (Å²) in [6, 6.07) is 12.3. The van der Waals surface area contributed by atoms with Gasteiger partial charge in [-0.1, -0.05) is 41.9 Å². The highest BCUT2D eigenvalue weighted by Crippen LogP contribution is 2.54. The molecule has 3 amide bonds. The number of likely N-dealkylation sites (tertiary alicyclic amines) is 1. The fourth-order valence-electron chi connectivity index (χ4n) is 5.54. The van der Waals surface area contributed by atoms with Crippen LogP contribution < -0.4 is 10.6 Å². The number of aliphatic hydroxyl groups excluding tert-OH is 1. The first-order chi connectivity index (χ1) is 15.3. The van der Waals surface area contributed by atoms with Crippen LogP contribution >= 0.6 is 11.6 Å². The molecule has 5 atom stereocenters. The molecule has 32 heavy (non-hydrogen) atoms. The van der Waals surface area contributed by atoms with E-state index in [4.69, 9.17) is 11.6 Å². The van der Waals surface area contributed by atoms with Gasteiger partial charge in [0, 0.05) is 28.9 Å². The highest BCUT2D eigenvalue weighted by molar-refractivity contribution is 6.31. The zero-order chi connectivity index (χ0) is 22.8. The quantitative estimate of drug-likeness (QED) is 0.615. The maximum atomic E-state index is 13.6. The van der Waals surface area contributed by atoms with Gasteiger partial charge in [-0.05, 0) is 43.5 Å². The molecule has 8 heteroatoms. The van der Waals surface area contributed by atoms with E-state index in [0.29, 0.717) is 22.7 Å². The predicted octanol–water partition coefficient (Wildman–Crippen LogP) is 1.99. The Bertz CT molecular complexity index is 1140. The van der Waals surface area contributed by atoms with Crippen LogP contribution in [0.3, 0.4) is 0 Å². The maximum absolute atomic E-state index is 13.6. The Morgan fingerprint density at radius 3 is 2.56 bits per heavy atom. The second-order valence-electron chi connectivity index (χ2n) is 8.89. The molecule has 2 aromatic carbocycles. The van der Waals surface area contributed by atoms with Crippen molar-refractivity contribution in [2.75, 3.05) is 11.9 Å². The highest BCUT2D eigenvalue weighted by Gasteiger charge is 2.71. The predicted molar refractivity (Wildman–Crippen MR) is 119 cm³/mol. The first-order valence-corrected chi connectivity index (χ1v) is 11.1. The van der Waals surface area contributed by atoms with Crippen LogP contribution in [0.2, 0.25) is 5.02 Å². The fourth-order valence-corrected chi connectivity index (χ4v) is 5.82. The van der Waals surface area contributed by atoms with Gasteiger partial charge in [0.2, 0.25) is 17.7 Å². The van der Waals surface area contributed by atoms with Crippen molar-refractivity contribution in [3.63, 3.8) is 0 Å². The molecule has 0 bridgehead atoms. The molecule has 2 aromatic rings. The Morgan fingerprint density at radius 1 is 1.16 bits per heavy atom. The van der Waals surface area contributed by atoms with Crippen molar-refractivity contribution < 1.29 is 19.5 Å². The molecule has 2 saturated heterocycles. The van der Waals surface area contributed by atoms with Crippen molar-refractivity contribution in [1.29, 1.82) is 0 Å². The molecule has 0 radical (unpaired) electrons. The van der Waals surface area contributed by atoms with Crippen molar-refractivity contribution in [3.8, 4) is 0 Å². The number of benzene rings is 2. The average molecular weight is 454 g/mol. The van der Waals surface area contributed by atoms with E-state index in [1.54, 1.807) is 19.1 Å². The number of nitrogens with one attached hydrogen (secondary N) is 2. The van der Waals surface area contributed by atoms with E-state index in [-0.39, 0.29) is 12.5 Å². The SMILES string of the molecule is Cc1cc(Cl)cc2c1NC(=O)[C@@]21N[C@H]([C@@H](C)O)[C@H]2C(=O)N(CCc3ccccc3)C(=O)[C@H]21. The molecular weight excluding hydrogens is 430 g/mol. The zero-order valence-corrected chi connectivity index (χ0v) is 18.5. The van der Waals surface area contributed by atoms with Gasteiger partial charge in [-0.15, -0.1) is 0 Å². The van der Waals surface area contributed by atoms with Crippen LogP contribution in [0.5, 0.6) is 0 Å². The molecule has 3 heterocycles. The molecule has 1 spiro atoms. The number of nitrogens with zero attached hydrogens (tertiary/aromatic N) is 1. The number of halogens is 1. The lowest BCUT2D eigenvalue weighted by atomic mass is 9.76. The summed E-state index contributed by atoms with van der Waals surface area (Å²) < 4.78 is 0. The normalized spacial score (nSPS) is 29.4. The van der Waals surface area contributed by atoms with Crippen molar-refractivity contribution in [1.82, 2.24) is 10.2 Å². The average Bonchev–Trinajstić information content (AvgIpc) is 3.34. The monoisotopic (exact) mass is 453 g/mol. The molecule has 3 aliphatic rings. The number of amides is 3. The second-order valence-corrected chi connectivity index (χ2v) is 9.32. The molecular formula is C24H24ClN3O4. The summed E-state index contributed by atoms with van der Waals surface area (Å²) >= 11 is 6.31. The lowest BCUT2D eigenvalue weighted by molar-refractivity contribution is -0.143. The first kappa shape index (κ1) is 21.1. The van der Waals surface area contributed by atoms with Crippen molar-refractivity contribution in [2.24, 2.45) is 11.8 Å². The van der Waals surface area contributed by atoms with E-state index >= 15 is 0 Å². The zero-order valence-electron chi connectivity index (χ0n) is 17.8. The number of carbonyl (C=O) groups is 3. The van der Waals surface area contributed by atoms with Gasteiger partial charge in [-0.3, -0.25) is 24.6 Å². The first-order valence-electron chi connectivity index (χ1n) is 10.7. The smallest absolute Gasteiger partial charge is 0.250 e. The van der Waals surface area contributed by atoms with Crippen LogP contribution in [0.15, 0.2) is 42.5 Å². The van der Waals surface area contributed by atoms with E-state index in [0.717, 1.165) is 11.1 Å². The van der Waals surface area contributed by atoms with Crippen LogP contribution in [0.25, 0.3) is 0 Å². The van der Waals surface area contributed by atoms with Crippen molar-refractivity contribution in [2.45, 2.75) is 38.0 Å². The topological polar surface area (TPSA) is 98.7 Å². The number of aryl methyl sites for hydroxylation is 1. The minimum absolute atomic E-state index is 0.223. The van der Waals surface area contributed by atoms with E-state index in [9.17, 15) is 19.5 Å². The molecule has 5 rings (SSSR count). The number of carbonyl (C=O) groups excluding carboxylic acids is 3. The number of anilines is 1. The standard InChI is InChI=1S/C24H24ClN3O4/c1-12-10-15(25)11-16-19(12)26-23(32)24(16)18-17(20(27-24)13(2)29)21(30)28(22(18)31)9-8-14-6-4-3-5-7-14/h3-7,10-11,13,17-18,20,27,29H,8-9H2,1-2H3,(H,26,32)/t13-,17+,18+,20-,24-/m1/s1. The van der Waals surface area contributed by atoms with Crippen LogP contribution in [0, 0.1) is 18.8 Å². The van der Waals surface area contributed by atoms with Crippen LogP contribution in [0.4, 0.5) is 5.69 Å². The minimum Gasteiger partial charge on any atom is -0.392 e. The molecule has 3 N–H and O–H groups in total. The van der Waals surface area contributed by atoms with Gasteiger partial charge in [-0.2, -0.15) is 0 Å².